The lowest BCUT2D eigenvalue weighted by Crippen LogP contribution is -2.45. The molecule has 2 amide bonds. The Bertz CT molecular complexity index is 1100. The lowest BCUT2D eigenvalue weighted by Gasteiger charge is -2.28. The summed E-state index contributed by atoms with van der Waals surface area (Å²) in [7, 11) is 0. The van der Waals surface area contributed by atoms with Gasteiger partial charge in [-0.05, 0) is 45.7 Å². The van der Waals surface area contributed by atoms with Gasteiger partial charge in [0.15, 0.2) is 0 Å². The number of aryl methyl sites for hydroxylation is 1. The molecule has 6 nitrogen and oxygen atoms in total. The Morgan fingerprint density at radius 3 is 2.36 bits per heavy atom. The molecule has 0 radical (unpaired) electrons. The van der Waals surface area contributed by atoms with E-state index in [4.69, 9.17) is 4.98 Å². The van der Waals surface area contributed by atoms with Gasteiger partial charge in [0.2, 0.25) is 17.8 Å². The van der Waals surface area contributed by atoms with E-state index in [2.05, 4.69) is 5.32 Å². The second-order valence-corrected chi connectivity index (χ2v) is 9.11. The summed E-state index contributed by atoms with van der Waals surface area (Å²) in [6.45, 7) is 5.98. The SMILES string of the molecule is Cc1ccc(-n2cc(-c3ccccc3)nc2NC(=O)CN(C(=O)C2CCCC2)C(C)C)cc1. The highest BCUT2D eigenvalue weighted by atomic mass is 16.2. The van der Waals surface area contributed by atoms with Gasteiger partial charge in [-0.15, -0.1) is 0 Å². The van der Waals surface area contributed by atoms with Crippen molar-refractivity contribution in [1.29, 1.82) is 0 Å². The van der Waals surface area contributed by atoms with Gasteiger partial charge in [0.1, 0.15) is 6.54 Å². The normalized spacial score (nSPS) is 13.9. The molecule has 1 aromatic heterocycles. The minimum atomic E-state index is -0.242. The van der Waals surface area contributed by atoms with E-state index in [-0.39, 0.29) is 30.3 Å². The molecule has 0 saturated heterocycles. The van der Waals surface area contributed by atoms with Crippen molar-refractivity contribution in [3.8, 4) is 16.9 Å². The summed E-state index contributed by atoms with van der Waals surface area (Å²) in [5.41, 5.74) is 3.81. The number of aromatic nitrogens is 2. The van der Waals surface area contributed by atoms with Crippen molar-refractivity contribution in [1.82, 2.24) is 14.5 Å². The second kappa shape index (κ2) is 10.0. The highest BCUT2D eigenvalue weighted by Gasteiger charge is 2.30. The first-order valence-electron chi connectivity index (χ1n) is 11.7. The Morgan fingerprint density at radius 2 is 1.73 bits per heavy atom. The van der Waals surface area contributed by atoms with E-state index in [9.17, 15) is 9.59 Å². The zero-order valence-corrected chi connectivity index (χ0v) is 19.6. The number of nitrogens with zero attached hydrogens (tertiary/aromatic N) is 3. The van der Waals surface area contributed by atoms with Gasteiger partial charge in [-0.2, -0.15) is 0 Å². The second-order valence-electron chi connectivity index (χ2n) is 9.11. The topological polar surface area (TPSA) is 67.2 Å². The van der Waals surface area contributed by atoms with Crippen LogP contribution in [0.1, 0.15) is 45.1 Å². The third kappa shape index (κ3) is 5.33. The van der Waals surface area contributed by atoms with Gasteiger partial charge in [0.25, 0.3) is 0 Å². The van der Waals surface area contributed by atoms with Gasteiger partial charge in [-0.3, -0.25) is 19.5 Å². The molecule has 1 fully saturated rings. The molecule has 172 valence electrons. The highest BCUT2D eigenvalue weighted by Crippen LogP contribution is 2.28. The van der Waals surface area contributed by atoms with Gasteiger partial charge >= 0.3 is 0 Å². The van der Waals surface area contributed by atoms with Gasteiger partial charge in [-0.1, -0.05) is 60.9 Å². The Labute approximate surface area is 195 Å². The fourth-order valence-electron chi connectivity index (χ4n) is 4.36. The van der Waals surface area contributed by atoms with Crippen LogP contribution in [0.25, 0.3) is 16.9 Å². The van der Waals surface area contributed by atoms with Crippen LogP contribution in [0.3, 0.4) is 0 Å². The van der Waals surface area contributed by atoms with Crippen LogP contribution in [0, 0.1) is 12.8 Å². The van der Waals surface area contributed by atoms with Crippen molar-refractivity contribution < 1.29 is 9.59 Å². The predicted molar refractivity (Wildman–Crippen MR) is 131 cm³/mol. The van der Waals surface area contributed by atoms with E-state index >= 15 is 0 Å². The summed E-state index contributed by atoms with van der Waals surface area (Å²) in [5, 5.41) is 2.96. The van der Waals surface area contributed by atoms with Gasteiger partial charge in [-0.25, -0.2) is 4.98 Å². The number of hydrogen-bond donors (Lipinski definition) is 1. The van der Waals surface area contributed by atoms with Crippen LogP contribution in [-0.4, -0.2) is 38.9 Å². The maximum Gasteiger partial charge on any atom is 0.246 e. The molecule has 4 rings (SSSR count). The summed E-state index contributed by atoms with van der Waals surface area (Å²) in [4.78, 5) is 32.5. The number of carbonyl (C=O) groups excluding carboxylic acids is 2. The summed E-state index contributed by atoms with van der Waals surface area (Å²) in [6, 6.07) is 17.9. The molecule has 1 N–H and O–H groups in total. The van der Waals surface area contributed by atoms with Gasteiger partial charge in [0.05, 0.1) is 5.69 Å². The smallest absolute Gasteiger partial charge is 0.246 e. The van der Waals surface area contributed by atoms with E-state index in [0.717, 1.165) is 48.2 Å². The molecule has 0 spiro atoms. The lowest BCUT2D eigenvalue weighted by molar-refractivity contribution is -0.140. The van der Waals surface area contributed by atoms with E-state index in [1.807, 2.05) is 86.1 Å². The van der Waals surface area contributed by atoms with Crippen LogP contribution in [-0.2, 0) is 9.59 Å². The molecular weight excluding hydrogens is 412 g/mol. The van der Waals surface area contributed by atoms with Crippen molar-refractivity contribution >= 4 is 17.8 Å². The fraction of sp³-hybridized carbons (Fsp3) is 0.370. The van der Waals surface area contributed by atoms with Crippen molar-refractivity contribution in [3.63, 3.8) is 0 Å². The zero-order valence-electron chi connectivity index (χ0n) is 19.6. The van der Waals surface area contributed by atoms with Crippen LogP contribution < -0.4 is 5.32 Å². The molecule has 1 aliphatic rings. The molecule has 2 aromatic carbocycles. The Kier molecular flexibility index (Phi) is 6.92. The molecule has 3 aromatic rings. The van der Waals surface area contributed by atoms with Gasteiger partial charge < -0.3 is 4.90 Å². The fourth-order valence-corrected chi connectivity index (χ4v) is 4.36. The minimum Gasteiger partial charge on any atom is -0.331 e. The Hall–Kier alpha value is -3.41. The summed E-state index contributed by atoms with van der Waals surface area (Å²) in [5.74, 6) is 0.331. The number of carbonyl (C=O) groups is 2. The summed E-state index contributed by atoms with van der Waals surface area (Å²) < 4.78 is 1.89. The monoisotopic (exact) mass is 444 g/mol. The van der Waals surface area contributed by atoms with E-state index in [1.54, 1.807) is 4.90 Å². The molecule has 1 saturated carbocycles. The summed E-state index contributed by atoms with van der Waals surface area (Å²) >= 11 is 0. The van der Waals surface area contributed by atoms with Crippen LogP contribution >= 0.6 is 0 Å². The number of anilines is 1. The number of nitrogens with one attached hydrogen (secondary N) is 1. The molecule has 0 atom stereocenters. The largest absolute Gasteiger partial charge is 0.331 e. The maximum absolute atomic E-state index is 13.1. The first-order valence-corrected chi connectivity index (χ1v) is 11.7. The predicted octanol–water partition coefficient (Wildman–Crippen LogP) is 5.21. The highest BCUT2D eigenvalue weighted by molar-refractivity contribution is 5.94. The molecule has 1 aliphatic carbocycles. The first-order chi connectivity index (χ1) is 15.9. The average molecular weight is 445 g/mol. The standard InChI is InChI=1S/C27H32N4O2/c1-19(2)30(26(33)22-11-7-8-12-22)18-25(32)29-27-28-24(21-9-5-4-6-10-21)17-31(27)23-15-13-20(3)14-16-23/h4-6,9-10,13-17,19,22H,7-8,11-12,18H2,1-3H3,(H,28,29,32). The van der Waals surface area contributed by atoms with Crippen molar-refractivity contribution in [2.24, 2.45) is 5.92 Å². The van der Waals surface area contributed by atoms with Crippen LogP contribution in [0.2, 0.25) is 0 Å². The summed E-state index contributed by atoms with van der Waals surface area (Å²) in [6.07, 6.45) is 5.94. The number of rotatable bonds is 7. The number of hydrogen-bond acceptors (Lipinski definition) is 3. The molecule has 1 heterocycles. The molecular formula is C27H32N4O2. The van der Waals surface area contributed by atoms with E-state index in [0.29, 0.717) is 5.95 Å². The molecule has 0 aliphatic heterocycles. The van der Waals surface area contributed by atoms with Crippen molar-refractivity contribution in [3.05, 3.63) is 66.4 Å². The van der Waals surface area contributed by atoms with E-state index < -0.39 is 0 Å². The van der Waals surface area contributed by atoms with Crippen LogP contribution in [0.5, 0.6) is 0 Å². The van der Waals surface area contributed by atoms with Crippen molar-refractivity contribution in [2.45, 2.75) is 52.5 Å². The number of imidazole rings is 1. The molecule has 0 unspecified atom stereocenters. The third-order valence-electron chi connectivity index (χ3n) is 6.26. The quantitative estimate of drug-likeness (QED) is 0.544. The Morgan fingerprint density at radius 1 is 1.06 bits per heavy atom. The maximum atomic E-state index is 13.1. The van der Waals surface area contributed by atoms with Gasteiger partial charge in [0, 0.05) is 29.4 Å². The van der Waals surface area contributed by atoms with E-state index in [1.165, 1.54) is 0 Å². The average Bonchev–Trinajstić information content (AvgIpc) is 3.49. The van der Waals surface area contributed by atoms with Crippen LogP contribution in [0.15, 0.2) is 60.8 Å². The molecule has 33 heavy (non-hydrogen) atoms. The lowest BCUT2D eigenvalue weighted by atomic mass is 10.1. The third-order valence-corrected chi connectivity index (χ3v) is 6.26. The first kappa shape index (κ1) is 22.8. The van der Waals surface area contributed by atoms with Crippen LogP contribution in [0.4, 0.5) is 5.95 Å². The number of benzene rings is 2. The number of amides is 2. The zero-order chi connectivity index (χ0) is 23.4. The van der Waals surface area contributed by atoms with Crippen molar-refractivity contribution in [2.75, 3.05) is 11.9 Å². The minimum absolute atomic E-state index is 0.0223. The molecule has 6 heteroatoms. The Balaban J connectivity index is 1.59. The molecule has 0 bridgehead atoms.